The molecule has 3 aromatic rings. The van der Waals surface area contributed by atoms with Crippen molar-refractivity contribution < 1.29 is 23.9 Å². The lowest BCUT2D eigenvalue weighted by Crippen LogP contribution is -2.12. The minimum atomic E-state index is -0.580. The van der Waals surface area contributed by atoms with Gasteiger partial charge >= 0.3 is 11.9 Å². The number of rotatable bonds is 6. The molecular weight excluding hydrogens is 388 g/mol. The van der Waals surface area contributed by atoms with Crippen molar-refractivity contribution in [2.45, 2.75) is 6.92 Å². The Kier molecular flexibility index (Phi) is 6.11. The van der Waals surface area contributed by atoms with Crippen molar-refractivity contribution >= 4 is 29.4 Å². The second kappa shape index (κ2) is 8.91. The number of nitrogen functional groups attached to an aromatic ring is 1. The van der Waals surface area contributed by atoms with Crippen LogP contribution in [0.3, 0.4) is 0 Å². The summed E-state index contributed by atoms with van der Waals surface area (Å²) in [6, 6.07) is 12.9. The van der Waals surface area contributed by atoms with Gasteiger partial charge in [0.05, 0.1) is 31.2 Å². The van der Waals surface area contributed by atoms with Crippen molar-refractivity contribution in [1.82, 2.24) is 9.78 Å². The molecule has 9 heteroatoms. The van der Waals surface area contributed by atoms with Crippen molar-refractivity contribution in [3.63, 3.8) is 0 Å². The maximum Gasteiger partial charge on any atom is 0.343 e. The van der Waals surface area contributed by atoms with Crippen LogP contribution in [0.2, 0.25) is 0 Å². The quantitative estimate of drug-likeness (QED) is 0.601. The Hall–Kier alpha value is -4.14. The lowest BCUT2D eigenvalue weighted by Gasteiger charge is -2.08. The highest BCUT2D eigenvalue weighted by molar-refractivity contribution is 6.04. The third-order valence-corrected chi connectivity index (χ3v) is 4.24. The van der Waals surface area contributed by atoms with Crippen LogP contribution in [-0.2, 0) is 9.47 Å². The van der Waals surface area contributed by atoms with E-state index in [0.717, 1.165) is 0 Å². The number of aromatic nitrogens is 2. The number of methoxy groups -OCH3 is 1. The largest absolute Gasteiger partial charge is 0.465 e. The average Bonchev–Trinajstić information content (AvgIpc) is 3.15. The maximum absolute atomic E-state index is 12.5. The molecule has 30 heavy (non-hydrogen) atoms. The van der Waals surface area contributed by atoms with Crippen LogP contribution in [0.1, 0.15) is 38.0 Å². The molecule has 0 atom stereocenters. The molecule has 3 N–H and O–H groups in total. The molecule has 0 aliphatic rings. The van der Waals surface area contributed by atoms with Crippen LogP contribution in [0.25, 0.3) is 5.69 Å². The second-order valence-corrected chi connectivity index (χ2v) is 6.15. The van der Waals surface area contributed by atoms with E-state index in [0.29, 0.717) is 29.1 Å². The summed E-state index contributed by atoms with van der Waals surface area (Å²) in [5, 5.41) is 6.84. The van der Waals surface area contributed by atoms with Gasteiger partial charge in [0, 0.05) is 11.3 Å². The Bertz CT molecular complexity index is 1070. The normalized spacial score (nSPS) is 10.3. The molecule has 2 aromatic carbocycles. The molecular formula is C21H20N4O5. The molecule has 3 rings (SSSR count). The number of anilines is 2. The lowest BCUT2D eigenvalue weighted by atomic mass is 10.1. The Morgan fingerprint density at radius 3 is 2.23 bits per heavy atom. The number of benzene rings is 2. The first kappa shape index (κ1) is 20.6. The molecule has 0 aliphatic carbocycles. The summed E-state index contributed by atoms with van der Waals surface area (Å²) in [6.45, 7) is 2.03. The fraction of sp³-hybridized carbons (Fsp3) is 0.143. The first-order valence-corrected chi connectivity index (χ1v) is 9.05. The summed E-state index contributed by atoms with van der Waals surface area (Å²) in [7, 11) is 1.26. The van der Waals surface area contributed by atoms with Crippen LogP contribution in [0.15, 0.2) is 54.7 Å². The second-order valence-electron chi connectivity index (χ2n) is 6.15. The fourth-order valence-corrected chi connectivity index (χ4v) is 2.69. The number of nitrogens with two attached hydrogens (primary N) is 1. The van der Waals surface area contributed by atoms with Crippen molar-refractivity contribution in [3.05, 3.63) is 71.4 Å². The van der Waals surface area contributed by atoms with E-state index < -0.39 is 11.9 Å². The average molecular weight is 408 g/mol. The number of carbonyl (C=O) groups is 3. The Morgan fingerprint density at radius 2 is 1.63 bits per heavy atom. The molecule has 0 fully saturated rings. The Balaban J connectivity index is 1.71. The van der Waals surface area contributed by atoms with E-state index in [2.05, 4.69) is 15.2 Å². The number of hydrogen-bond acceptors (Lipinski definition) is 7. The lowest BCUT2D eigenvalue weighted by molar-refractivity contribution is 0.0525. The number of carbonyl (C=O) groups excluding carboxylic acids is 3. The van der Waals surface area contributed by atoms with Crippen molar-refractivity contribution in [1.29, 1.82) is 0 Å². The van der Waals surface area contributed by atoms with Crippen molar-refractivity contribution in [3.8, 4) is 5.69 Å². The molecule has 0 unspecified atom stereocenters. The highest BCUT2D eigenvalue weighted by Crippen LogP contribution is 2.19. The summed E-state index contributed by atoms with van der Waals surface area (Å²) >= 11 is 0. The summed E-state index contributed by atoms with van der Waals surface area (Å²) in [5.41, 5.74) is 8.04. The molecule has 1 amide bonds. The number of nitrogens with one attached hydrogen (secondary N) is 1. The van der Waals surface area contributed by atoms with Gasteiger partial charge in [-0.25, -0.2) is 14.3 Å². The van der Waals surface area contributed by atoms with Gasteiger partial charge in [0.2, 0.25) is 0 Å². The molecule has 1 aromatic heterocycles. The Morgan fingerprint density at radius 1 is 1.00 bits per heavy atom. The maximum atomic E-state index is 12.5. The SMILES string of the molecule is CCOC(=O)c1ccc(NC(=O)c2ccc(-n3ncc(C(=O)OC)c3N)cc2)cc1. The number of nitrogens with zero attached hydrogens (tertiary/aromatic N) is 2. The van der Waals surface area contributed by atoms with Crippen molar-refractivity contribution in [2.24, 2.45) is 0 Å². The third kappa shape index (κ3) is 4.30. The smallest absolute Gasteiger partial charge is 0.343 e. The predicted octanol–water partition coefficient (Wildman–Crippen LogP) is 2.67. The van der Waals surface area contributed by atoms with Crippen LogP contribution in [0, 0.1) is 0 Å². The first-order chi connectivity index (χ1) is 14.4. The molecule has 0 saturated heterocycles. The monoisotopic (exact) mass is 408 g/mol. The van der Waals surface area contributed by atoms with E-state index in [9.17, 15) is 14.4 Å². The first-order valence-electron chi connectivity index (χ1n) is 9.05. The van der Waals surface area contributed by atoms with Gasteiger partial charge < -0.3 is 20.5 Å². The number of hydrogen-bond donors (Lipinski definition) is 2. The van der Waals surface area contributed by atoms with Crippen LogP contribution in [0.4, 0.5) is 11.5 Å². The van der Waals surface area contributed by atoms with Gasteiger partial charge in [-0.1, -0.05) is 0 Å². The van der Waals surface area contributed by atoms with E-state index in [1.807, 2.05) is 0 Å². The van der Waals surface area contributed by atoms with Crippen LogP contribution in [-0.4, -0.2) is 41.3 Å². The van der Waals surface area contributed by atoms with Crippen LogP contribution >= 0.6 is 0 Å². The molecule has 0 spiro atoms. The van der Waals surface area contributed by atoms with Gasteiger partial charge in [0.25, 0.3) is 5.91 Å². The van der Waals surface area contributed by atoms with E-state index in [4.69, 9.17) is 10.5 Å². The fourth-order valence-electron chi connectivity index (χ4n) is 2.69. The van der Waals surface area contributed by atoms with E-state index in [-0.39, 0.29) is 17.3 Å². The summed E-state index contributed by atoms with van der Waals surface area (Å²) in [5.74, 6) is -1.18. The Labute approximate surface area is 172 Å². The molecule has 0 saturated carbocycles. The highest BCUT2D eigenvalue weighted by Gasteiger charge is 2.17. The van der Waals surface area contributed by atoms with Gasteiger partial charge in [-0.05, 0) is 55.5 Å². The van der Waals surface area contributed by atoms with Crippen molar-refractivity contribution in [2.75, 3.05) is 24.8 Å². The van der Waals surface area contributed by atoms with E-state index in [1.165, 1.54) is 18.0 Å². The molecule has 9 nitrogen and oxygen atoms in total. The summed E-state index contributed by atoms with van der Waals surface area (Å²) in [6.07, 6.45) is 1.32. The van der Waals surface area contributed by atoms with E-state index >= 15 is 0 Å². The van der Waals surface area contributed by atoms with Gasteiger partial charge in [-0.15, -0.1) is 0 Å². The molecule has 1 heterocycles. The molecule has 154 valence electrons. The van der Waals surface area contributed by atoms with Gasteiger partial charge in [0.15, 0.2) is 0 Å². The van der Waals surface area contributed by atoms with Gasteiger partial charge in [-0.2, -0.15) is 5.10 Å². The third-order valence-electron chi connectivity index (χ3n) is 4.24. The van der Waals surface area contributed by atoms with Gasteiger partial charge in [0.1, 0.15) is 11.4 Å². The zero-order chi connectivity index (χ0) is 21.7. The minimum Gasteiger partial charge on any atom is -0.465 e. The number of ether oxygens (including phenoxy) is 2. The molecule has 0 aliphatic heterocycles. The zero-order valence-corrected chi connectivity index (χ0v) is 16.4. The standard InChI is InChI=1S/C21H20N4O5/c1-3-30-20(27)14-4-8-15(9-5-14)24-19(26)13-6-10-16(11-7-13)25-18(22)17(12-23-25)21(28)29-2/h4-12H,3,22H2,1-2H3,(H,24,26). The number of esters is 2. The molecule has 0 radical (unpaired) electrons. The topological polar surface area (TPSA) is 126 Å². The molecule has 0 bridgehead atoms. The predicted molar refractivity (Wildman–Crippen MR) is 110 cm³/mol. The van der Waals surface area contributed by atoms with Gasteiger partial charge in [-0.3, -0.25) is 4.79 Å². The van der Waals surface area contributed by atoms with Crippen LogP contribution in [0.5, 0.6) is 0 Å². The minimum absolute atomic E-state index is 0.140. The van der Waals surface area contributed by atoms with E-state index in [1.54, 1.807) is 55.5 Å². The zero-order valence-electron chi connectivity index (χ0n) is 16.4. The highest BCUT2D eigenvalue weighted by atomic mass is 16.5. The summed E-state index contributed by atoms with van der Waals surface area (Å²) in [4.78, 5) is 35.8. The summed E-state index contributed by atoms with van der Waals surface area (Å²) < 4.78 is 11.0. The number of amides is 1. The van der Waals surface area contributed by atoms with Crippen LogP contribution < -0.4 is 11.1 Å².